The molecule has 0 aliphatic carbocycles. The number of nitrogens with one attached hydrogen (secondary N) is 1. The summed E-state index contributed by atoms with van der Waals surface area (Å²) in [6, 6.07) is 0. The number of nitrogens with zero attached hydrogens (tertiary/aromatic N) is 4. The minimum Gasteiger partial charge on any atom is -0.306 e. The number of likely N-dealkylation sites (N-methyl/N-ethyl adjacent to an activating group) is 1. The number of hydrogen-bond donors (Lipinski definition) is 1. The molecule has 2 rings (SSSR count). The normalized spacial score (nSPS) is 18.9. The molecule has 0 spiro atoms. The standard InChI is InChI=1S/C8H15N5S/c1-7-9-10-8(14)13(7)12-5-3-11(2)4-6-12/h3-6H2,1-2H3,(H,10,14). The van der Waals surface area contributed by atoms with Gasteiger partial charge in [0, 0.05) is 26.2 Å². The first-order valence-corrected chi connectivity index (χ1v) is 5.17. The highest BCUT2D eigenvalue weighted by Gasteiger charge is 2.16. The molecule has 1 saturated heterocycles. The number of H-pyrrole nitrogens is 1. The fourth-order valence-corrected chi connectivity index (χ4v) is 1.99. The molecule has 1 aliphatic rings. The smallest absolute Gasteiger partial charge is 0.214 e. The van der Waals surface area contributed by atoms with Crippen LogP contribution in [0, 0.1) is 11.7 Å². The molecule has 0 radical (unpaired) electrons. The summed E-state index contributed by atoms with van der Waals surface area (Å²) in [7, 11) is 2.14. The zero-order valence-corrected chi connectivity index (χ0v) is 9.34. The van der Waals surface area contributed by atoms with Crippen LogP contribution in [0.2, 0.25) is 0 Å². The first-order valence-electron chi connectivity index (χ1n) is 4.76. The van der Waals surface area contributed by atoms with E-state index in [-0.39, 0.29) is 0 Å². The summed E-state index contributed by atoms with van der Waals surface area (Å²) in [5.74, 6) is 0.930. The van der Waals surface area contributed by atoms with Crippen LogP contribution in [0.3, 0.4) is 0 Å². The van der Waals surface area contributed by atoms with Gasteiger partial charge in [-0.2, -0.15) is 5.10 Å². The van der Waals surface area contributed by atoms with Gasteiger partial charge in [-0.3, -0.25) is 5.10 Å². The summed E-state index contributed by atoms with van der Waals surface area (Å²) in [6.45, 7) is 6.12. The van der Waals surface area contributed by atoms with Gasteiger partial charge in [-0.25, -0.2) is 4.68 Å². The van der Waals surface area contributed by atoms with E-state index in [0.29, 0.717) is 4.77 Å². The van der Waals surface area contributed by atoms with Gasteiger partial charge in [0.2, 0.25) is 4.77 Å². The maximum absolute atomic E-state index is 5.17. The lowest BCUT2D eigenvalue weighted by Gasteiger charge is -2.34. The maximum Gasteiger partial charge on any atom is 0.214 e. The molecular weight excluding hydrogens is 198 g/mol. The van der Waals surface area contributed by atoms with Crippen molar-refractivity contribution in [2.75, 3.05) is 38.2 Å². The number of aromatic nitrogens is 3. The second-order valence-corrected chi connectivity index (χ2v) is 4.03. The van der Waals surface area contributed by atoms with Crippen molar-refractivity contribution >= 4 is 12.2 Å². The molecule has 1 N–H and O–H groups in total. The molecule has 6 heteroatoms. The lowest BCUT2D eigenvalue weighted by Crippen LogP contribution is -2.50. The van der Waals surface area contributed by atoms with Crippen molar-refractivity contribution in [2.45, 2.75) is 6.92 Å². The van der Waals surface area contributed by atoms with Crippen molar-refractivity contribution in [1.29, 1.82) is 0 Å². The Kier molecular flexibility index (Phi) is 2.56. The second kappa shape index (κ2) is 3.70. The number of aromatic amines is 1. The van der Waals surface area contributed by atoms with E-state index < -0.39 is 0 Å². The van der Waals surface area contributed by atoms with Gasteiger partial charge >= 0.3 is 0 Å². The molecule has 0 saturated carbocycles. The molecule has 0 unspecified atom stereocenters. The Morgan fingerprint density at radius 3 is 2.43 bits per heavy atom. The van der Waals surface area contributed by atoms with Crippen LogP contribution in [-0.2, 0) is 0 Å². The first kappa shape index (κ1) is 9.67. The molecule has 14 heavy (non-hydrogen) atoms. The largest absolute Gasteiger partial charge is 0.306 e. The zero-order valence-electron chi connectivity index (χ0n) is 8.53. The van der Waals surface area contributed by atoms with Crippen molar-refractivity contribution < 1.29 is 0 Å². The predicted octanol–water partition coefficient (Wildman–Crippen LogP) is 0.133. The van der Waals surface area contributed by atoms with Crippen LogP contribution < -0.4 is 5.01 Å². The summed E-state index contributed by atoms with van der Waals surface area (Å²) < 4.78 is 2.68. The van der Waals surface area contributed by atoms with Crippen molar-refractivity contribution in [3.8, 4) is 0 Å². The van der Waals surface area contributed by atoms with E-state index in [1.807, 2.05) is 11.6 Å². The molecule has 2 heterocycles. The van der Waals surface area contributed by atoms with Crippen LogP contribution >= 0.6 is 12.2 Å². The van der Waals surface area contributed by atoms with Gasteiger partial charge in [0.1, 0.15) is 5.82 Å². The lowest BCUT2D eigenvalue weighted by atomic mass is 10.4. The molecule has 1 fully saturated rings. The highest BCUT2D eigenvalue weighted by molar-refractivity contribution is 7.71. The quantitative estimate of drug-likeness (QED) is 0.673. The third-order valence-electron chi connectivity index (χ3n) is 2.57. The number of rotatable bonds is 1. The minimum atomic E-state index is 0.687. The average molecular weight is 213 g/mol. The van der Waals surface area contributed by atoms with E-state index in [0.717, 1.165) is 32.0 Å². The van der Waals surface area contributed by atoms with Gasteiger partial charge < -0.3 is 9.91 Å². The van der Waals surface area contributed by atoms with E-state index in [2.05, 4.69) is 27.2 Å². The molecule has 1 aliphatic heterocycles. The molecular formula is C8H15N5S. The predicted molar refractivity (Wildman–Crippen MR) is 57.6 cm³/mol. The Labute approximate surface area is 88.3 Å². The first-order chi connectivity index (χ1) is 6.68. The monoisotopic (exact) mass is 213 g/mol. The van der Waals surface area contributed by atoms with Crippen molar-refractivity contribution in [3.05, 3.63) is 10.6 Å². The van der Waals surface area contributed by atoms with E-state index in [9.17, 15) is 0 Å². The minimum absolute atomic E-state index is 0.687. The summed E-state index contributed by atoms with van der Waals surface area (Å²) in [6.07, 6.45) is 0. The average Bonchev–Trinajstić information content (AvgIpc) is 2.49. The molecule has 0 atom stereocenters. The Balaban J connectivity index is 2.20. The third-order valence-corrected chi connectivity index (χ3v) is 2.84. The molecule has 78 valence electrons. The van der Waals surface area contributed by atoms with Gasteiger partial charge in [0.25, 0.3) is 0 Å². The zero-order chi connectivity index (χ0) is 10.1. The van der Waals surface area contributed by atoms with Gasteiger partial charge in [-0.1, -0.05) is 0 Å². The number of aryl methyl sites for hydroxylation is 1. The summed E-state index contributed by atoms with van der Waals surface area (Å²) in [5, 5.41) is 9.14. The van der Waals surface area contributed by atoms with Crippen molar-refractivity contribution in [3.63, 3.8) is 0 Å². The topological polar surface area (TPSA) is 40.1 Å². The Morgan fingerprint density at radius 2 is 1.93 bits per heavy atom. The van der Waals surface area contributed by atoms with Gasteiger partial charge in [0.05, 0.1) is 0 Å². The fourth-order valence-electron chi connectivity index (χ4n) is 1.70. The number of hydrogen-bond acceptors (Lipinski definition) is 4. The van der Waals surface area contributed by atoms with Gasteiger partial charge in [-0.15, -0.1) is 0 Å². The summed E-state index contributed by atoms with van der Waals surface area (Å²) in [5.41, 5.74) is 0. The van der Waals surface area contributed by atoms with Crippen LogP contribution in [0.25, 0.3) is 0 Å². The van der Waals surface area contributed by atoms with Crippen LogP contribution in [-0.4, -0.2) is 53.0 Å². The Bertz CT molecular complexity index is 360. The summed E-state index contributed by atoms with van der Waals surface area (Å²) >= 11 is 5.17. The van der Waals surface area contributed by atoms with Crippen LogP contribution in [0.1, 0.15) is 5.82 Å². The molecule has 5 nitrogen and oxygen atoms in total. The van der Waals surface area contributed by atoms with E-state index >= 15 is 0 Å². The van der Waals surface area contributed by atoms with Crippen LogP contribution in [0.15, 0.2) is 0 Å². The Morgan fingerprint density at radius 1 is 1.29 bits per heavy atom. The van der Waals surface area contributed by atoms with Crippen molar-refractivity contribution in [1.82, 2.24) is 19.8 Å². The second-order valence-electron chi connectivity index (χ2n) is 3.64. The highest BCUT2D eigenvalue weighted by atomic mass is 32.1. The van der Waals surface area contributed by atoms with Gasteiger partial charge in [-0.05, 0) is 26.2 Å². The highest BCUT2D eigenvalue weighted by Crippen LogP contribution is 2.02. The Hall–Kier alpha value is -0.880. The van der Waals surface area contributed by atoms with Crippen LogP contribution in [0.4, 0.5) is 0 Å². The van der Waals surface area contributed by atoms with Crippen molar-refractivity contribution in [2.24, 2.45) is 0 Å². The molecule has 1 aromatic rings. The third kappa shape index (κ3) is 1.67. The maximum atomic E-state index is 5.17. The molecule has 0 bridgehead atoms. The SMILES string of the molecule is Cc1n[nH]c(=S)n1N1CCN(C)CC1. The van der Waals surface area contributed by atoms with E-state index in [1.54, 1.807) is 0 Å². The van der Waals surface area contributed by atoms with Gasteiger partial charge in [0.15, 0.2) is 0 Å². The van der Waals surface area contributed by atoms with E-state index in [1.165, 1.54) is 0 Å². The van der Waals surface area contributed by atoms with E-state index in [4.69, 9.17) is 12.2 Å². The lowest BCUT2D eigenvalue weighted by molar-refractivity contribution is 0.285. The molecule has 0 amide bonds. The molecule has 0 aromatic carbocycles. The summed E-state index contributed by atoms with van der Waals surface area (Å²) in [4.78, 5) is 2.32. The number of piperazine rings is 1. The fraction of sp³-hybridized carbons (Fsp3) is 0.750. The molecule has 1 aromatic heterocycles. The van der Waals surface area contributed by atoms with Crippen LogP contribution in [0.5, 0.6) is 0 Å².